The lowest BCUT2D eigenvalue weighted by Crippen LogP contribution is -2.37. The van der Waals surface area contributed by atoms with E-state index in [0.717, 1.165) is 5.69 Å². The molecule has 1 rings (SSSR count). The predicted octanol–water partition coefficient (Wildman–Crippen LogP) is 1.77. The monoisotopic (exact) mass is 224 g/mol. The first-order valence-corrected chi connectivity index (χ1v) is 5.10. The molecule has 5 heteroatoms. The molecule has 0 amide bonds. The van der Waals surface area contributed by atoms with Crippen molar-refractivity contribution in [1.29, 1.82) is 0 Å². The van der Waals surface area contributed by atoms with Gasteiger partial charge in [-0.15, -0.1) is 0 Å². The minimum absolute atomic E-state index is 0.125. The molecule has 0 aromatic heterocycles. The molecular formula is C11H17FN4. The van der Waals surface area contributed by atoms with Crippen LogP contribution >= 0.6 is 0 Å². The van der Waals surface area contributed by atoms with Gasteiger partial charge in [0.15, 0.2) is 0 Å². The molecular weight excluding hydrogens is 207 g/mol. The number of nitrogens with two attached hydrogens (primary N) is 1. The predicted molar refractivity (Wildman–Crippen MR) is 64.7 cm³/mol. The molecule has 0 unspecified atom stereocenters. The highest BCUT2D eigenvalue weighted by Crippen LogP contribution is 2.13. The Morgan fingerprint density at radius 1 is 1.44 bits per heavy atom. The standard InChI is InChI=1S/C11H17FN4/c1-7(2)14-11(16-13)15-9-4-5-10(12)8(3)6-9/h4-7H,13H2,1-3H3,(H2,14,15,16). The summed E-state index contributed by atoms with van der Waals surface area (Å²) in [5.74, 6) is 5.55. The van der Waals surface area contributed by atoms with E-state index in [2.05, 4.69) is 15.7 Å². The Hall–Kier alpha value is -1.62. The molecule has 0 aliphatic carbocycles. The molecule has 0 saturated carbocycles. The quantitative estimate of drug-likeness (QED) is 0.310. The summed E-state index contributed by atoms with van der Waals surface area (Å²) in [5, 5.41) is 2.98. The van der Waals surface area contributed by atoms with Crippen molar-refractivity contribution >= 4 is 11.6 Å². The molecule has 0 atom stereocenters. The van der Waals surface area contributed by atoms with E-state index in [1.165, 1.54) is 6.07 Å². The van der Waals surface area contributed by atoms with E-state index in [4.69, 9.17) is 5.84 Å². The van der Waals surface area contributed by atoms with Crippen molar-refractivity contribution in [2.24, 2.45) is 10.8 Å². The third-order valence-electron chi connectivity index (χ3n) is 1.94. The van der Waals surface area contributed by atoms with Crippen LogP contribution in [-0.4, -0.2) is 12.0 Å². The first-order valence-electron chi connectivity index (χ1n) is 5.10. The van der Waals surface area contributed by atoms with Crippen molar-refractivity contribution in [3.63, 3.8) is 0 Å². The van der Waals surface area contributed by atoms with Gasteiger partial charge < -0.3 is 5.32 Å². The fourth-order valence-electron chi connectivity index (χ4n) is 1.22. The number of nitrogens with one attached hydrogen (secondary N) is 2. The second-order valence-corrected chi connectivity index (χ2v) is 3.80. The summed E-state index contributed by atoms with van der Waals surface area (Å²) in [7, 11) is 0. The van der Waals surface area contributed by atoms with Crippen molar-refractivity contribution in [2.75, 3.05) is 5.32 Å². The van der Waals surface area contributed by atoms with Gasteiger partial charge in [0.05, 0.1) is 0 Å². The molecule has 16 heavy (non-hydrogen) atoms. The maximum Gasteiger partial charge on any atom is 0.210 e. The Morgan fingerprint density at radius 3 is 2.62 bits per heavy atom. The van der Waals surface area contributed by atoms with Gasteiger partial charge in [0, 0.05) is 11.7 Å². The maximum absolute atomic E-state index is 13.0. The first kappa shape index (κ1) is 12.4. The van der Waals surface area contributed by atoms with Crippen LogP contribution in [-0.2, 0) is 0 Å². The zero-order valence-corrected chi connectivity index (χ0v) is 9.71. The van der Waals surface area contributed by atoms with E-state index in [0.29, 0.717) is 11.5 Å². The van der Waals surface area contributed by atoms with E-state index >= 15 is 0 Å². The number of guanidine groups is 1. The molecule has 4 N–H and O–H groups in total. The number of rotatable bonds is 2. The highest BCUT2D eigenvalue weighted by atomic mass is 19.1. The normalized spacial score (nSPS) is 11.8. The molecule has 4 nitrogen and oxygen atoms in total. The summed E-state index contributed by atoms with van der Waals surface area (Å²) in [4.78, 5) is 4.22. The molecule has 0 radical (unpaired) electrons. The highest BCUT2D eigenvalue weighted by Gasteiger charge is 2.02. The third kappa shape index (κ3) is 3.51. The van der Waals surface area contributed by atoms with Gasteiger partial charge in [-0.1, -0.05) is 0 Å². The van der Waals surface area contributed by atoms with Crippen LogP contribution in [0.2, 0.25) is 0 Å². The van der Waals surface area contributed by atoms with Crippen molar-refractivity contribution in [3.05, 3.63) is 29.6 Å². The van der Waals surface area contributed by atoms with Crippen LogP contribution in [0.3, 0.4) is 0 Å². The second kappa shape index (κ2) is 5.46. The fraction of sp³-hybridized carbons (Fsp3) is 0.364. The lowest BCUT2D eigenvalue weighted by Gasteiger charge is -2.11. The largest absolute Gasteiger partial charge is 0.325 e. The maximum atomic E-state index is 13.0. The molecule has 0 bridgehead atoms. The molecule has 0 aliphatic rings. The number of halogens is 1. The van der Waals surface area contributed by atoms with Crippen LogP contribution in [0.25, 0.3) is 0 Å². The van der Waals surface area contributed by atoms with Gasteiger partial charge in [-0.25, -0.2) is 15.2 Å². The van der Waals surface area contributed by atoms with Gasteiger partial charge in [-0.05, 0) is 44.5 Å². The van der Waals surface area contributed by atoms with Gasteiger partial charge in [0.25, 0.3) is 0 Å². The summed E-state index contributed by atoms with van der Waals surface area (Å²) in [6.07, 6.45) is 0. The van der Waals surface area contributed by atoms with Gasteiger partial charge >= 0.3 is 0 Å². The zero-order chi connectivity index (χ0) is 12.1. The first-order chi connectivity index (χ1) is 7.52. The van der Waals surface area contributed by atoms with Crippen LogP contribution in [0.1, 0.15) is 19.4 Å². The lowest BCUT2D eigenvalue weighted by atomic mass is 10.2. The number of hydrogen-bond donors (Lipinski definition) is 3. The highest BCUT2D eigenvalue weighted by molar-refractivity contribution is 5.93. The van der Waals surface area contributed by atoms with Crippen LogP contribution in [0.15, 0.2) is 23.2 Å². The van der Waals surface area contributed by atoms with E-state index in [1.54, 1.807) is 19.1 Å². The minimum Gasteiger partial charge on any atom is -0.325 e. The number of benzene rings is 1. The lowest BCUT2D eigenvalue weighted by molar-refractivity contribution is 0.619. The van der Waals surface area contributed by atoms with Gasteiger partial charge in [-0.3, -0.25) is 5.43 Å². The van der Waals surface area contributed by atoms with Crippen LogP contribution in [0, 0.1) is 12.7 Å². The average molecular weight is 224 g/mol. The SMILES string of the molecule is Cc1cc(NC(=NC(C)C)NN)ccc1F. The van der Waals surface area contributed by atoms with Gasteiger partial charge in [-0.2, -0.15) is 0 Å². The van der Waals surface area contributed by atoms with Crippen molar-refractivity contribution < 1.29 is 4.39 Å². The molecule has 1 aromatic rings. The Kier molecular flexibility index (Phi) is 4.25. The molecule has 0 saturated heterocycles. The van der Waals surface area contributed by atoms with E-state index in [9.17, 15) is 4.39 Å². The molecule has 0 fully saturated rings. The summed E-state index contributed by atoms with van der Waals surface area (Å²) < 4.78 is 13.0. The van der Waals surface area contributed by atoms with Crippen molar-refractivity contribution in [3.8, 4) is 0 Å². The van der Waals surface area contributed by atoms with Crippen molar-refractivity contribution in [1.82, 2.24) is 5.43 Å². The molecule has 1 aromatic carbocycles. The van der Waals surface area contributed by atoms with Gasteiger partial charge in [0.2, 0.25) is 5.96 Å². The van der Waals surface area contributed by atoms with Crippen LogP contribution in [0.4, 0.5) is 10.1 Å². The summed E-state index contributed by atoms with van der Waals surface area (Å²) in [6.45, 7) is 5.58. The topological polar surface area (TPSA) is 62.4 Å². The Morgan fingerprint density at radius 2 is 2.12 bits per heavy atom. The Labute approximate surface area is 94.7 Å². The second-order valence-electron chi connectivity index (χ2n) is 3.80. The van der Waals surface area contributed by atoms with Gasteiger partial charge in [0.1, 0.15) is 5.82 Å². The molecule has 0 spiro atoms. The van der Waals surface area contributed by atoms with E-state index < -0.39 is 0 Å². The number of aliphatic imine (C=N–C) groups is 1. The van der Waals surface area contributed by atoms with Crippen molar-refractivity contribution in [2.45, 2.75) is 26.8 Å². The smallest absolute Gasteiger partial charge is 0.210 e. The average Bonchev–Trinajstić information content (AvgIpc) is 2.22. The number of aryl methyl sites for hydroxylation is 1. The van der Waals surface area contributed by atoms with E-state index in [1.807, 2.05) is 13.8 Å². The zero-order valence-electron chi connectivity index (χ0n) is 9.71. The number of hydrogen-bond acceptors (Lipinski definition) is 2. The minimum atomic E-state index is -0.228. The Bertz CT molecular complexity index is 388. The number of anilines is 1. The summed E-state index contributed by atoms with van der Waals surface area (Å²) in [6, 6.07) is 4.86. The molecule has 0 aliphatic heterocycles. The Balaban J connectivity index is 2.82. The van der Waals surface area contributed by atoms with Crippen LogP contribution < -0.4 is 16.6 Å². The van der Waals surface area contributed by atoms with E-state index in [-0.39, 0.29) is 11.9 Å². The number of hydrazine groups is 1. The molecule has 0 heterocycles. The summed E-state index contributed by atoms with van der Waals surface area (Å²) >= 11 is 0. The van der Waals surface area contributed by atoms with Crippen LogP contribution in [0.5, 0.6) is 0 Å². The molecule has 88 valence electrons. The number of nitrogens with zero attached hydrogens (tertiary/aromatic N) is 1. The summed E-state index contributed by atoms with van der Waals surface area (Å²) in [5.41, 5.74) is 3.78. The fourth-order valence-corrected chi connectivity index (χ4v) is 1.22. The third-order valence-corrected chi connectivity index (χ3v) is 1.94.